The van der Waals surface area contributed by atoms with Crippen molar-refractivity contribution in [1.29, 1.82) is 0 Å². The van der Waals surface area contributed by atoms with Crippen LogP contribution in [0.1, 0.15) is 6.92 Å². The zero-order valence-electron chi connectivity index (χ0n) is 10.4. The van der Waals surface area contributed by atoms with Gasteiger partial charge in [-0.2, -0.15) is 0 Å². The number of nitrogens with two attached hydrogens (primary N) is 1. The summed E-state index contributed by atoms with van der Waals surface area (Å²) in [5.41, 5.74) is 5.43. The van der Waals surface area contributed by atoms with Gasteiger partial charge in [-0.1, -0.05) is 6.92 Å². The Morgan fingerprint density at radius 3 is 2.33 bits per heavy atom. The lowest BCUT2D eigenvalue weighted by Crippen LogP contribution is -2.31. The lowest BCUT2D eigenvalue weighted by molar-refractivity contribution is 0.414. The van der Waals surface area contributed by atoms with Crippen molar-refractivity contribution in [2.75, 3.05) is 20.2 Å². The molecule has 0 heterocycles. The number of halogens is 1. The average Bonchev–Trinajstić information content (AvgIpc) is 2.36. The van der Waals surface area contributed by atoms with E-state index in [0.717, 1.165) is 0 Å². The predicted octanol–water partition coefficient (Wildman–Crippen LogP) is 0.990. The van der Waals surface area contributed by atoms with Crippen LogP contribution in [0.25, 0.3) is 0 Å². The van der Waals surface area contributed by atoms with Gasteiger partial charge >= 0.3 is 0 Å². The maximum absolute atomic E-state index is 11.9. The monoisotopic (exact) mass is 294 g/mol. The quantitative estimate of drug-likeness (QED) is 0.820. The number of methoxy groups -OCH3 is 1. The molecule has 0 bridgehead atoms. The van der Waals surface area contributed by atoms with E-state index in [-0.39, 0.29) is 23.2 Å². The zero-order valence-corrected chi connectivity index (χ0v) is 12.1. The molecule has 1 unspecified atom stereocenters. The van der Waals surface area contributed by atoms with Crippen molar-refractivity contribution in [2.24, 2.45) is 11.7 Å². The van der Waals surface area contributed by atoms with E-state index in [0.29, 0.717) is 18.8 Å². The molecule has 0 saturated carbocycles. The molecule has 18 heavy (non-hydrogen) atoms. The Bertz CT molecular complexity index is 448. The third-order valence-electron chi connectivity index (χ3n) is 2.39. The molecule has 104 valence electrons. The molecule has 1 aromatic carbocycles. The molecule has 0 spiro atoms. The van der Waals surface area contributed by atoms with Crippen molar-refractivity contribution >= 4 is 22.4 Å². The van der Waals surface area contributed by atoms with Crippen LogP contribution in [-0.2, 0) is 10.0 Å². The van der Waals surface area contributed by atoms with E-state index in [1.807, 2.05) is 6.92 Å². The van der Waals surface area contributed by atoms with E-state index >= 15 is 0 Å². The molecule has 0 saturated heterocycles. The van der Waals surface area contributed by atoms with Crippen LogP contribution in [0.3, 0.4) is 0 Å². The lowest BCUT2D eigenvalue weighted by Gasteiger charge is -2.11. The molecule has 0 aliphatic heterocycles. The molecular formula is C11H19ClN2O3S. The van der Waals surface area contributed by atoms with Crippen molar-refractivity contribution in [3.63, 3.8) is 0 Å². The summed E-state index contributed by atoms with van der Waals surface area (Å²) in [4.78, 5) is 0.225. The summed E-state index contributed by atoms with van der Waals surface area (Å²) >= 11 is 0. The van der Waals surface area contributed by atoms with Gasteiger partial charge in [0.25, 0.3) is 0 Å². The second kappa shape index (κ2) is 7.58. The number of benzene rings is 1. The largest absolute Gasteiger partial charge is 0.497 e. The molecule has 0 fully saturated rings. The van der Waals surface area contributed by atoms with Gasteiger partial charge in [0.1, 0.15) is 5.75 Å². The van der Waals surface area contributed by atoms with Gasteiger partial charge in [-0.05, 0) is 36.7 Å². The molecule has 0 aromatic heterocycles. The van der Waals surface area contributed by atoms with Gasteiger partial charge in [-0.15, -0.1) is 12.4 Å². The predicted molar refractivity (Wildman–Crippen MR) is 73.6 cm³/mol. The van der Waals surface area contributed by atoms with Crippen molar-refractivity contribution in [1.82, 2.24) is 4.72 Å². The summed E-state index contributed by atoms with van der Waals surface area (Å²) in [6.45, 7) is 2.67. The number of nitrogens with one attached hydrogen (secondary N) is 1. The Hall–Kier alpha value is -0.820. The maximum atomic E-state index is 11.9. The van der Waals surface area contributed by atoms with Gasteiger partial charge in [0.2, 0.25) is 10.0 Å². The highest BCUT2D eigenvalue weighted by Gasteiger charge is 2.14. The van der Waals surface area contributed by atoms with Gasteiger partial charge in [-0.3, -0.25) is 0 Å². The SMILES string of the molecule is COc1ccc(S(=O)(=O)NCC(C)CN)cc1.Cl. The van der Waals surface area contributed by atoms with Crippen LogP contribution < -0.4 is 15.2 Å². The maximum Gasteiger partial charge on any atom is 0.240 e. The fourth-order valence-electron chi connectivity index (χ4n) is 1.17. The summed E-state index contributed by atoms with van der Waals surface area (Å²) in [5, 5.41) is 0. The topological polar surface area (TPSA) is 81.4 Å². The van der Waals surface area contributed by atoms with Crippen molar-refractivity contribution in [2.45, 2.75) is 11.8 Å². The zero-order chi connectivity index (χ0) is 12.9. The average molecular weight is 295 g/mol. The van der Waals surface area contributed by atoms with E-state index in [2.05, 4.69) is 4.72 Å². The Balaban J connectivity index is 0.00000289. The van der Waals surface area contributed by atoms with E-state index in [1.165, 1.54) is 19.2 Å². The number of hydrogen-bond acceptors (Lipinski definition) is 4. The Morgan fingerprint density at radius 2 is 1.89 bits per heavy atom. The van der Waals surface area contributed by atoms with Crippen LogP contribution in [0.5, 0.6) is 5.75 Å². The summed E-state index contributed by atoms with van der Waals surface area (Å²) in [5.74, 6) is 0.738. The van der Waals surface area contributed by atoms with Crippen LogP contribution in [-0.4, -0.2) is 28.6 Å². The fourth-order valence-corrected chi connectivity index (χ4v) is 2.34. The van der Waals surface area contributed by atoms with Crippen LogP contribution in [0.4, 0.5) is 0 Å². The van der Waals surface area contributed by atoms with Gasteiger partial charge in [0, 0.05) is 6.54 Å². The molecule has 0 aliphatic rings. The molecule has 1 aromatic rings. The summed E-state index contributed by atoms with van der Waals surface area (Å²) in [7, 11) is -1.92. The molecule has 5 nitrogen and oxygen atoms in total. The lowest BCUT2D eigenvalue weighted by atomic mass is 10.2. The number of rotatable bonds is 6. The first-order valence-electron chi connectivity index (χ1n) is 5.33. The first-order valence-corrected chi connectivity index (χ1v) is 6.81. The summed E-state index contributed by atoms with van der Waals surface area (Å²) in [6, 6.07) is 6.24. The standard InChI is InChI=1S/C11H18N2O3S.ClH/c1-9(7-12)8-13-17(14,15)11-5-3-10(16-2)4-6-11;/h3-6,9,13H,7-8,12H2,1-2H3;1H. The first-order chi connectivity index (χ1) is 7.99. The highest BCUT2D eigenvalue weighted by molar-refractivity contribution is 7.89. The Kier molecular flexibility index (Phi) is 7.23. The van der Waals surface area contributed by atoms with Crippen LogP contribution >= 0.6 is 12.4 Å². The highest BCUT2D eigenvalue weighted by Crippen LogP contribution is 2.15. The molecule has 3 N–H and O–H groups in total. The van der Waals surface area contributed by atoms with Gasteiger partial charge in [0.15, 0.2) is 0 Å². The van der Waals surface area contributed by atoms with E-state index in [9.17, 15) is 8.42 Å². The number of hydrogen-bond donors (Lipinski definition) is 2. The van der Waals surface area contributed by atoms with Crippen LogP contribution in [0, 0.1) is 5.92 Å². The molecular weight excluding hydrogens is 276 g/mol. The molecule has 7 heteroatoms. The molecule has 0 amide bonds. The Morgan fingerprint density at radius 1 is 1.33 bits per heavy atom. The van der Waals surface area contributed by atoms with Crippen molar-refractivity contribution < 1.29 is 13.2 Å². The highest BCUT2D eigenvalue weighted by atomic mass is 35.5. The number of sulfonamides is 1. The van der Waals surface area contributed by atoms with Crippen molar-refractivity contribution in [3.8, 4) is 5.75 Å². The third-order valence-corrected chi connectivity index (χ3v) is 3.83. The molecule has 1 rings (SSSR count). The first kappa shape index (κ1) is 17.2. The van der Waals surface area contributed by atoms with Crippen LogP contribution in [0.15, 0.2) is 29.2 Å². The van der Waals surface area contributed by atoms with Gasteiger partial charge in [0.05, 0.1) is 12.0 Å². The molecule has 1 atom stereocenters. The smallest absolute Gasteiger partial charge is 0.240 e. The van der Waals surface area contributed by atoms with Crippen LogP contribution in [0.2, 0.25) is 0 Å². The van der Waals surface area contributed by atoms with Gasteiger partial charge < -0.3 is 10.5 Å². The Labute approximate surface area is 114 Å². The van der Waals surface area contributed by atoms with Gasteiger partial charge in [-0.25, -0.2) is 13.1 Å². The normalized spacial score (nSPS) is 12.6. The van der Waals surface area contributed by atoms with E-state index < -0.39 is 10.0 Å². The third kappa shape index (κ3) is 4.81. The second-order valence-electron chi connectivity index (χ2n) is 3.87. The van der Waals surface area contributed by atoms with E-state index in [4.69, 9.17) is 10.5 Å². The molecule has 0 radical (unpaired) electrons. The minimum absolute atomic E-state index is 0. The second-order valence-corrected chi connectivity index (χ2v) is 5.64. The summed E-state index contributed by atoms with van der Waals surface area (Å²) in [6.07, 6.45) is 0. The minimum Gasteiger partial charge on any atom is -0.497 e. The molecule has 0 aliphatic carbocycles. The van der Waals surface area contributed by atoms with E-state index in [1.54, 1.807) is 12.1 Å². The minimum atomic E-state index is -3.45. The van der Waals surface area contributed by atoms with Crippen molar-refractivity contribution in [3.05, 3.63) is 24.3 Å². The fraction of sp³-hybridized carbons (Fsp3) is 0.455. The number of ether oxygens (including phenoxy) is 1. The summed E-state index contributed by atoms with van der Waals surface area (Å²) < 4.78 is 31.2.